The first kappa shape index (κ1) is 9.72. The van der Waals surface area contributed by atoms with Crippen LogP contribution in [0.3, 0.4) is 0 Å². The average Bonchev–Trinajstić information content (AvgIpc) is 2.80. The Hall–Kier alpha value is -2.49. The van der Waals surface area contributed by atoms with Crippen LogP contribution in [0, 0.1) is 0 Å². The molecule has 0 aliphatic heterocycles. The van der Waals surface area contributed by atoms with E-state index in [1.54, 1.807) is 10.7 Å². The lowest BCUT2D eigenvalue weighted by Crippen LogP contribution is -1.86. The maximum absolute atomic E-state index is 4.28. The molecule has 0 unspecified atom stereocenters. The van der Waals surface area contributed by atoms with Crippen molar-refractivity contribution >= 4 is 17.9 Å². The van der Waals surface area contributed by atoms with Gasteiger partial charge in [0.1, 0.15) is 0 Å². The van der Waals surface area contributed by atoms with Gasteiger partial charge in [0, 0.05) is 12.4 Å². The highest BCUT2D eigenvalue weighted by Crippen LogP contribution is 2.05. The van der Waals surface area contributed by atoms with Crippen molar-refractivity contribution in [2.45, 2.75) is 0 Å². The first-order valence-electron chi connectivity index (χ1n) is 5.32. The first-order chi connectivity index (χ1) is 8.42. The minimum absolute atomic E-state index is 0.611. The number of nitrogens with zero attached hydrogens (tertiary/aromatic N) is 4. The van der Waals surface area contributed by atoms with Gasteiger partial charge in [-0.3, -0.25) is 0 Å². The molecule has 0 aliphatic carbocycles. The summed E-state index contributed by atoms with van der Waals surface area (Å²) in [6.07, 6.45) is 7.39. The van der Waals surface area contributed by atoms with Gasteiger partial charge in [0.05, 0.1) is 0 Å². The molecule has 0 saturated heterocycles. The summed E-state index contributed by atoms with van der Waals surface area (Å²) in [5.74, 6) is 1.27. The zero-order valence-corrected chi connectivity index (χ0v) is 9.06. The molecule has 0 bridgehead atoms. The fourth-order valence-electron chi connectivity index (χ4n) is 1.55. The van der Waals surface area contributed by atoms with Crippen LogP contribution in [0.4, 0.5) is 0 Å². The second kappa shape index (κ2) is 4.17. The molecule has 0 fully saturated rings. The summed E-state index contributed by atoms with van der Waals surface area (Å²) in [7, 11) is 0. The summed E-state index contributed by atoms with van der Waals surface area (Å²) >= 11 is 0. The Labute approximate surface area is 98.3 Å². The van der Waals surface area contributed by atoms with E-state index >= 15 is 0 Å². The lowest BCUT2D eigenvalue weighted by atomic mass is 10.2. The second-order valence-corrected chi connectivity index (χ2v) is 3.58. The third kappa shape index (κ3) is 2.06. The van der Waals surface area contributed by atoms with Crippen LogP contribution in [-0.4, -0.2) is 19.6 Å². The highest BCUT2D eigenvalue weighted by Gasteiger charge is 1.99. The second-order valence-electron chi connectivity index (χ2n) is 3.58. The van der Waals surface area contributed by atoms with Crippen LogP contribution in [0.15, 0.2) is 48.8 Å². The number of aromatic nitrogens is 4. The Morgan fingerprint density at radius 1 is 1.00 bits per heavy atom. The molecule has 0 spiro atoms. The van der Waals surface area contributed by atoms with Crippen LogP contribution in [0.1, 0.15) is 11.4 Å². The Bertz CT molecular complexity index is 622. The smallest absolute Gasteiger partial charge is 0.220 e. The predicted molar refractivity (Wildman–Crippen MR) is 66.2 cm³/mol. The monoisotopic (exact) mass is 222 g/mol. The van der Waals surface area contributed by atoms with Crippen LogP contribution in [0.25, 0.3) is 17.9 Å². The molecule has 4 nitrogen and oxygen atoms in total. The molecule has 0 aliphatic rings. The molecule has 82 valence electrons. The zero-order valence-electron chi connectivity index (χ0n) is 9.06. The van der Waals surface area contributed by atoms with Crippen LogP contribution in [-0.2, 0) is 0 Å². The molecule has 2 heterocycles. The molecule has 3 aromatic rings. The molecule has 0 saturated carbocycles. The van der Waals surface area contributed by atoms with Crippen molar-refractivity contribution in [1.82, 2.24) is 19.6 Å². The maximum Gasteiger partial charge on any atom is 0.252 e. The molecule has 2 aromatic heterocycles. The van der Waals surface area contributed by atoms with Gasteiger partial charge in [-0.15, -0.1) is 5.10 Å². The van der Waals surface area contributed by atoms with Gasteiger partial charge < -0.3 is 0 Å². The van der Waals surface area contributed by atoms with Crippen molar-refractivity contribution in [2.24, 2.45) is 0 Å². The molecule has 17 heavy (non-hydrogen) atoms. The quantitative estimate of drug-likeness (QED) is 0.668. The standard InChI is InChI=1S/C13H10N4/c1-2-5-11(6-3-1)7-8-12-15-13-14-9-4-10-17(13)16-12/h1-10H/b8-7+. The van der Waals surface area contributed by atoms with Crippen LogP contribution >= 0.6 is 0 Å². The van der Waals surface area contributed by atoms with E-state index in [0.717, 1.165) is 5.56 Å². The molecular weight excluding hydrogens is 212 g/mol. The van der Waals surface area contributed by atoms with Gasteiger partial charge in [-0.2, -0.15) is 4.98 Å². The summed E-state index contributed by atoms with van der Waals surface area (Å²) in [5, 5.41) is 4.28. The number of rotatable bonds is 2. The Morgan fingerprint density at radius 3 is 2.71 bits per heavy atom. The van der Waals surface area contributed by atoms with Gasteiger partial charge in [-0.05, 0) is 17.7 Å². The summed E-state index contributed by atoms with van der Waals surface area (Å²) < 4.78 is 1.66. The molecular formula is C13H10N4. The van der Waals surface area contributed by atoms with Crippen molar-refractivity contribution < 1.29 is 0 Å². The number of hydrogen-bond acceptors (Lipinski definition) is 3. The van der Waals surface area contributed by atoms with E-state index in [4.69, 9.17) is 0 Å². The number of fused-ring (bicyclic) bond motifs is 1. The van der Waals surface area contributed by atoms with Crippen molar-refractivity contribution in [1.29, 1.82) is 0 Å². The van der Waals surface area contributed by atoms with E-state index in [0.29, 0.717) is 11.6 Å². The van der Waals surface area contributed by atoms with Crippen LogP contribution < -0.4 is 0 Å². The molecule has 0 amide bonds. The lowest BCUT2D eigenvalue weighted by Gasteiger charge is -1.88. The highest BCUT2D eigenvalue weighted by atomic mass is 15.3. The van der Waals surface area contributed by atoms with Gasteiger partial charge in [0.15, 0.2) is 5.82 Å². The zero-order chi connectivity index (χ0) is 11.5. The molecule has 1 aromatic carbocycles. The fourth-order valence-corrected chi connectivity index (χ4v) is 1.55. The van der Waals surface area contributed by atoms with E-state index in [-0.39, 0.29) is 0 Å². The summed E-state index contributed by atoms with van der Waals surface area (Å²) in [4.78, 5) is 8.39. The van der Waals surface area contributed by atoms with Gasteiger partial charge in [-0.1, -0.05) is 36.4 Å². The topological polar surface area (TPSA) is 43.1 Å². The van der Waals surface area contributed by atoms with E-state index in [1.807, 2.05) is 54.7 Å². The van der Waals surface area contributed by atoms with E-state index in [2.05, 4.69) is 15.1 Å². The molecule has 0 radical (unpaired) electrons. The Balaban J connectivity index is 1.92. The largest absolute Gasteiger partial charge is 0.252 e. The van der Waals surface area contributed by atoms with Crippen molar-refractivity contribution in [3.05, 3.63) is 60.2 Å². The lowest BCUT2D eigenvalue weighted by molar-refractivity contribution is 0.933. The Morgan fingerprint density at radius 2 is 1.88 bits per heavy atom. The normalized spacial score (nSPS) is 11.3. The molecule has 0 N–H and O–H groups in total. The highest BCUT2D eigenvalue weighted by molar-refractivity contribution is 5.66. The average molecular weight is 222 g/mol. The minimum atomic E-state index is 0.611. The van der Waals surface area contributed by atoms with Gasteiger partial charge >= 0.3 is 0 Å². The predicted octanol–water partition coefficient (Wildman–Crippen LogP) is 2.29. The third-order valence-corrected chi connectivity index (χ3v) is 2.36. The van der Waals surface area contributed by atoms with E-state index < -0.39 is 0 Å². The SMILES string of the molecule is C(=C\c1nc2ncccn2n1)/c1ccccc1. The van der Waals surface area contributed by atoms with Crippen molar-refractivity contribution in [3.63, 3.8) is 0 Å². The number of hydrogen-bond donors (Lipinski definition) is 0. The van der Waals surface area contributed by atoms with E-state index in [9.17, 15) is 0 Å². The Kier molecular flexibility index (Phi) is 2.38. The van der Waals surface area contributed by atoms with Gasteiger partial charge in [0.25, 0.3) is 5.78 Å². The van der Waals surface area contributed by atoms with Crippen molar-refractivity contribution in [3.8, 4) is 0 Å². The van der Waals surface area contributed by atoms with Gasteiger partial charge in [0.2, 0.25) is 0 Å². The third-order valence-electron chi connectivity index (χ3n) is 2.36. The summed E-state index contributed by atoms with van der Waals surface area (Å²) in [6, 6.07) is 11.9. The van der Waals surface area contributed by atoms with Crippen LogP contribution in [0.2, 0.25) is 0 Å². The fraction of sp³-hybridized carbons (Fsp3) is 0. The molecule has 0 atom stereocenters. The minimum Gasteiger partial charge on any atom is -0.220 e. The summed E-state index contributed by atoms with van der Waals surface area (Å²) in [5.41, 5.74) is 1.12. The van der Waals surface area contributed by atoms with Crippen LogP contribution in [0.5, 0.6) is 0 Å². The first-order valence-corrected chi connectivity index (χ1v) is 5.32. The maximum atomic E-state index is 4.28. The van der Waals surface area contributed by atoms with E-state index in [1.165, 1.54) is 0 Å². The molecule has 4 heteroatoms. The molecule has 3 rings (SSSR count). The summed E-state index contributed by atoms with van der Waals surface area (Å²) in [6.45, 7) is 0. The van der Waals surface area contributed by atoms with Crippen molar-refractivity contribution in [2.75, 3.05) is 0 Å². The van der Waals surface area contributed by atoms with Gasteiger partial charge in [-0.25, -0.2) is 9.50 Å². The number of benzene rings is 1.